The fourth-order valence-corrected chi connectivity index (χ4v) is 2.45. The molecule has 1 saturated heterocycles. The lowest BCUT2D eigenvalue weighted by Crippen LogP contribution is -2.68. The highest BCUT2D eigenvalue weighted by Gasteiger charge is 2.51. The van der Waals surface area contributed by atoms with E-state index in [1.165, 1.54) is 25.7 Å². The molecule has 0 radical (unpaired) electrons. The molecular weight excluding hydrogens is 176 g/mol. The van der Waals surface area contributed by atoms with Crippen LogP contribution in [0, 0.1) is 5.92 Å². The van der Waals surface area contributed by atoms with Crippen LogP contribution in [0.4, 0.5) is 0 Å². The normalized spacial score (nSPS) is 25.9. The minimum absolute atomic E-state index is 0.172. The molecule has 2 N–H and O–H groups in total. The molecule has 3 heteroatoms. The van der Waals surface area contributed by atoms with Gasteiger partial charge in [-0.25, -0.2) is 0 Å². The minimum Gasteiger partial charge on any atom is -0.336 e. The van der Waals surface area contributed by atoms with Crippen LogP contribution in [0.3, 0.4) is 0 Å². The van der Waals surface area contributed by atoms with E-state index in [0.29, 0.717) is 0 Å². The maximum Gasteiger partial charge on any atom is 0.240 e. The van der Waals surface area contributed by atoms with Gasteiger partial charge in [-0.2, -0.15) is 0 Å². The van der Waals surface area contributed by atoms with Gasteiger partial charge in [-0.1, -0.05) is 13.8 Å². The number of nitrogens with zero attached hydrogens (tertiary/aromatic N) is 1. The first-order chi connectivity index (χ1) is 6.57. The van der Waals surface area contributed by atoms with Gasteiger partial charge in [-0.3, -0.25) is 4.79 Å². The first kappa shape index (κ1) is 9.97. The summed E-state index contributed by atoms with van der Waals surface area (Å²) in [5.41, 5.74) is 6.13. The molecule has 0 aromatic carbocycles. The van der Waals surface area contributed by atoms with Crippen molar-refractivity contribution in [2.24, 2.45) is 11.7 Å². The molecule has 1 atom stereocenters. The largest absolute Gasteiger partial charge is 0.336 e. The number of amides is 1. The highest BCUT2D eigenvalue weighted by atomic mass is 16.2. The van der Waals surface area contributed by atoms with E-state index in [9.17, 15) is 4.79 Å². The van der Waals surface area contributed by atoms with Crippen molar-refractivity contribution in [1.82, 2.24) is 4.90 Å². The third-order valence-corrected chi connectivity index (χ3v) is 3.93. The lowest BCUT2D eigenvalue weighted by molar-refractivity contribution is -0.158. The number of hydrogen-bond donors (Lipinski definition) is 1. The zero-order valence-corrected chi connectivity index (χ0v) is 9.12. The van der Waals surface area contributed by atoms with Crippen molar-refractivity contribution in [3.63, 3.8) is 0 Å². The van der Waals surface area contributed by atoms with E-state index in [2.05, 4.69) is 0 Å². The molecule has 1 heterocycles. The van der Waals surface area contributed by atoms with Crippen LogP contribution < -0.4 is 5.73 Å². The van der Waals surface area contributed by atoms with Crippen LogP contribution in [0.5, 0.6) is 0 Å². The Balaban J connectivity index is 1.98. The predicted molar refractivity (Wildman–Crippen MR) is 55.7 cm³/mol. The topological polar surface area (TPSA) is 46.3 Å². The molecule has 1 unspecified atom stereocenters. The summed E-state index contributed by atoms with van der Waals surface area (Å²) in [6.07, 6.45) is 4.87. The number of rotatable bonds is 2. The second-order valence-corrected chi connectivity index (χ2v) is 5.09. The van der Waals surface area contributed by atoms with Gasteiger partial charge in [0.2, 0.25) is 5.91 Å². The van der Waals surface area contributed by atoms with Gasteiger partial charge >= 0.3 is 0 Å². The zero-order chi connectivity index (χ0) is 10.3. The Kier molecular flexibility index (Phi) is 2.30. The molecule has 2 aliphatic rings. The van der Waals surface area contributed by atoms with Gasteiger partial charge in [0.15, 0.2) is 0 Å². The lowest BCUT2D eigenvalue weighted by atomic mass is 9.67. The van der Waals surface area contributed by atoms with Gasteiger partial charge in [-0.15, -0.1) is 0 Å². The molecule has 1 saturated carbocycles. The van der Waals surface area contributed by atoms with Crippen molar-refractivity contribution in [2.75, 3.05) is 6.54 Å². The molecule has 14 heavy (non-hydrogen) atoms. The third kappa shape index (κ3) is 1.26. The molecule has 0 bridgehead atoms. The summed E-state index contributed by atoms with van der Waals surface area (Å²) in [5.74, 6) is 0.422. The fourth-order valence-electron chi connectivity index (χ4n) is 2.45. The Morgan fingerprint density at radius 1 is 1.36 bits per heavy atom. The maximum atomic E-state index is 12.0. The molecule has 3 nitrogen and oxygen atoms in total. The molecule has 1 spiro atoms. The van der Waals surface area contributed by atoms with Crippen molar-refractivity contribution < 1.29 is 4.79 Å². The Labute approximate surface area is 85.6 Å². The standard InChI is InChI=1S/C11H20N2O/c1-8(2)9(12)10(14)13-7-6-11(13)4-3-5-11/h8-9H,3-7,12H2,1-2H3. The first-order valence-corrected chi connectivity index (χ1v) is 5.64. The van der Waals surface area contributed by atoms with Crippen LogP contribution in [-0.4, -0.2) is 28.9 Å². The molecule has 2 rings (SSSR count). The summed E-state index contributed by atoms with van der Waals surface area (Å²) in [7, 11) is 0. The summed E-state index contributed by atoms with van der Waals surface area (Å²) in [6.45, 7) is 4.95. The van der Waals surface area contributed by atoms with Gasteiger partial charge < -0.3 is 10.6 Å². The van der Waals surface area contributed by atoms with Crippen LogP contribution in [0.15, 0.2) is 0 Å². The van der Waals surface area contributed by atoms with Crippen molar-refractivity contribution in [3.8, 4) is 0 Å². The van der Waals surface area contributed by atoms with E-state index in [4.69, 9.17) is 5.73 Å². The molecule has 80 valence electrons. The van der Waals surface area contributed by atoms with Gasteiger partial charge in [0.1, 0.15) is 0 Å². The van der Waals surface area contributed by atoms with E-state index in [1.54, 1.807) is 0 Å². The number of carbonyl (C=O) groups is 1. The van der Waals surface area contributed by atoms with Crippen LogP contribution >= 0.6 is 0 Å². The van der Waals surface area contributed by atoms with E-state index < -0.39 is 0 Å². The van der Waals surface area contributed by atoms with Gasteiger partial charge in [0.25, 0.3) is 0 Å². The van der Waals surface area contributed by atoms with Crippen molar-refractivity contribution in [2.45, 2.75) is 51.1 Å². The zero-order valence-electron chi connectivity index (χ0n) is 9.12. The van der Waals surface area contributed by atoms with Crippen molar-refractivity contribution in [3.05, 3.63) is 0 Å². The average molecular weight is 196 g/mol. The van der Waals surface area contributed by atoms with Crippen molar-refractivity contribution >= 4 is 5.91 Å². The minimum atomic E-state index is -0.298. The number of nitrogens with two attached hydrogens (primary N) is 1. The van der Waals surface area contributed by atoms with Crippen LogP contribution in [0.25, 0.3) is 0 Å². The summed E-state index contributed by atoms with van der Waals surface area (Å²) < 4.78 is 0. The summed E-state index contributed by atoms with van der Waals surface area (Å²) in [4.78, 5) is 14.0. The Morgan fingerprint density at radius 2 is 2.00 bits per heavy atom. The Bertz CT molecular complexity index is 240. The van der Waals surface area contributed by atoms with Crippen LogP contribution in [0.1, 0.15) is 39.5 Å². The van der Waals surface area contributed by atoms with Crippen molar-refractivity contribution in [1.29, 1.82) is 0 Å². The van der Waals surface area contributed by atoms with E-state index in [1.807, 2.05) is 18.7 Å². The van der Waals surface area contributed by atoms with Crippen LogP contribution in [-0.2, 0) is 4.79 Å². The quantitative estimate of drug-likeness (QED) is 0.719. The molecule has 0 aromatic heterocycles. The van der Waals surface area contributed by atoms with E-state index >= 15 is 0 Å². The third-order valence-electron chi connectivity index (χ3n) is 3.93. The Morgan fingerprint density at radius 3 is 2.29 bits per heavy atom. The number of hydrogen-bond acceptors (Lipinski definition) is 2. The lowest BCUT2D eigenvalue weighted by Gasteiger charge is -2.59. The second-order valence-electron chi connectivity index (χ2n) is 5.09. The summed E-state index contributed by atoms with van der Waals surface area (Å²) in [6, 6.07) is -0.298. The van der Waals surface area contributed by atoms with Crippen LogP contribution in [0.2, 0.25) is 0 Å². The molecule has 1 aliphatic carbocycles. The van der Waals surface area contributed by atoms with Gasteiger partial charge in [-0.05, 0) is 31.6 Å². The summed E-state index contributed by atoms with van der Waals surface area (Å²) in [5, 5.41) is 0. The Hall–Kier alpha value is -0.570. The van der Waals surface area contributed by atoms with E-state index in [0.717, 1.165) is 6.54 Å². The predicted octanol–water partition coefficient (Wildman–Crippen LogP) is 1.12. The molecule has 0 aromatic rings. The summed E-state index contributed by atoms with van der Waals surface area (Å²) >= 11 is 0. The van der Waals surface area contributed by atoms with E-state index in [-0.39, 0.29) is 23.4 Å². The highest BCUT2D eigenvalue weighted by Crippen LogP contribution is 2.47. The smallest absolute Gasteiger partial charge is 0.240 e. The second kappa shape index (κ2) is 3.23. The number of likely N-dealkylation sites (tertiary alicyclic amines) is 1. The SMILES string of the molecule is CC(C)C(N)C(=O)N1CCC12CCC2. The fraction of sp³-hybridized carbons (Fsp3) is 0.909. The first-order valence-electron chi connectivity index (χ1n) is 5.64. The highest BCUT2D eigenvalue weighted by molar-refractivity contribution is 5.83. The van der Waals surface area contributed by atoms with Gasteiger partial charge in [0.05, 0.1) is 6.04 Å². The number of carbonyl (C=O) groups excluding carboxylic acids is 1. The maximum absolute atomic E-state index is 12.0. The molecule has 1 aliphatic heterocycles. The average Bonchev–Trinajstić information content (AvgIpc) is 1.97. The van der Waals surface area contributed by atoms with Gasteiger partial charge in [0, 0.05) is 12.1 Å². The monoisotopic (exact) mass is 196 g/mol. The molecule has 2 fully saturated rings. The molecule has 1 amide bonds. The molecular formula is C11H20N2O.